The smallest absolute Gasteiger partial charge is 0.219 e. The molecule has 0 saturated heterocycles. The summed E-state index contributed by atoms with van der Waals surface area (Å²) in [6.45, 7) is 0. The molecule has 1 amide bonds. The standard InChI is InChI=1S/C10H19NO2/c1-11-10(13)8-6-4-2-3-5-7-9-12/h9H,2-8H2,1H3,(H,11,13). The van der Waals surface area contributed by atoms with Crippen LogP contribution in [0.1, 0.15) is 44.9 Å². The van der Waals surface area contributed by atoms with Crippen LogP contribution in [0, 0.1) is 0 Å². The van der Waals surface area contributed by atoms with Crippen molar-refractivity contribution in [3.05, 3.63) is 0 Å². The zero-order valence-corrected chi connectivity index (χ0v) is 8.34. The molecule has 0 aliphatic carbocycles. The second-order valence-corrected chi connectivity index (χ2v) is 3.15. The van der Waals surface area contributed by atoms with Crippen molar-refractivity contribution in [2.24, 2.45) is 0 Å². The van der Waals surface area contributed by atoms with E-state index in [9.17, 15) is 9.59 Å². The Morgan fingerprint density at radius 3 is 2.38 bits per heavy atom. The highest BCUT2D eigenvalue weighted by Gasteiger charge is 1.96. The molecule has 1 N–H and O–H groups in total. The maximum absolute atomic E-state index is 10.8. The van der Waals surface area contributed by atoms with Crippen molar-refractivity contribution in [1.82, 2.24) is 5.32 Å². The molecule has 3 nitrogen and oxygen atoms in total. The van der Waals surface area contributed by atoms with E-state index in [1.165, 1.54) is 0 Å². The van der Waals surface area contributed by atoms with Gasteiger partial charge < -0.3 is 10.1 Å². The zero-order valence-electron chi connectivity index (χ0n) is 8.34. The minimum absolute atomic E-state index is 0.118. The van der Waals surface area contributed by atoms with Gasteiger partial charge in [-0.2, -0.15) is 0 Å². The molecule has 0 heterocycles. The second kappa shape index (κ2) is 9.23. The molecule has 0 aromatic rings. The van der Waals surface area contributed by atoms with Crippen LogP contribution in [-0.4, -0.2) is 19.2 Å². The Morgan fingerprint density at radius 1 is 1.15 bits per heavy atom. The molecule has 0 bridgehead atoms. The van der Waals surface area contributed by atoms with Crippen LogP contribution in [0.3, 0.4) is 0 Å². The van der Waals surface area contributed by atoms with E-state index in [2.05, 4.69) is 5.32 Å². The van der Waals surface area contributed by atoms with Crippen LogP contribution in [-0.2, 0) is 9.59 Å². The molecule has 0 saturated carbocycles. The quantitative estimate of drug-likeness (QED) is 0.462. The number of hydrogen-bond donors (Lipinski definition) is 1. The van der Waals surface area contributed by atoms with Gasteiger partial charge in [0.15, 0.2) is 0 Å². The Balaban J connectivity index is 2.99. The first-order valence-corrected chi connectivity index (χ1v) is 4.95. The predicted octanol–water partition coefficient (Wildman–Crippen LogP) is 1.66. The van der Waals surface area contributed by atoms with Crippen LogP contribution >= 0.6 is 0 Å². The lowest BCUT2D eigenvalue weighted by atomic mass is 10.1. The van der Waals surface area contributed by atoms with Crippen molar-refractivity contribution in [2.45, 2.75) is 44.9 Å². The summed E-state index contributed by atoms with van der Waals surface area (Å²) in [4.78, 5) is 20.8. The molecular weight excluding hydrogens is 166 g/mol. The Labute approximate surface area is 79.9 Å². The van der Waals surface area contributed by atoms with Crippen molar-refractivity contribution >= 4 is 12.2 Å². The topological polar surface area (TPSA) is 46.2 Å². The monoisotopic (exact) mass is 185 g/mol. The van der Waals surface area contributed by atoms with Crippen LogP contribution in [0.5, 0.6) is 0 Å². The summed E-state index contributed by atoms with van der Waals surface area (Å²) in [5.41, 5.74) is 0. The predicted molar refractivity (Wildman–Crippen MR) is 52.4 cm³/mol. The van der Waals surface area contributed by atoms with E-state index in [4.69, 9.17) is 0 Å². The molecule has 0 aliphatic heterocycles. The molecule has 3 heteroatoms. The van der Waals surface area contributed by atoms with Gasteiger partial charge in [0, 0.05) is 19.9 Å². The van der Waals surface area contributed by atoms with E-state index < -0.39 is 0 Å². The maximum Gasteiger partial charge on any atom is 0.219 e. The van der Waals surface area contributed by atoms with Crippen molar-refractivity contribution in [3.8, 4) is 0 Å². The number of nitrogens with one attached hydrogen (secondary N) is 1. The van der Waals surface area contributed by atoms with Crippen LogP contribution in [0.2, 0.25) is 0 Å². The summed E-state index contributed by atoms with van der Waals surface area (Å²) in [7, 11) is 1.66. The fourth-order valence-electron chi connectivity index (χ4n) is 1.17. The molecular formula is C10H19NO2. The van der Waals surface area contributed by atoms with E-state index in [-0.39, 0.29) is 5.91 Å². The van der Waals surface area contributed by atoms with Gasteiger partial charge in [0.05, 0.1) is 0 Å². The second-order valence-electron chi connectivity index (χ2n) is 3.15. The van der Waals surface area contributed by atoms with Crippen LogP contribution in [0.25, 0.3) is 0 Å². The Bertz CT molecular complexity index is 146. The van der Waals surface area contributed by atoms with Gasteiger partial charge in [0.1, 0.15) is 6.29 Å². The number of carbonyl (C=O) groups excluding carboxylic acids is 2. The average molecular weight is 185 g/mol. The molecule has 0 unspecified atom stereocenters. The van der Waals surface area contributed by atoms with E-state index in [1.807, 2.05) is 0 Å². The van der Waals surface area contributed by atoms with Crippen molar-refractivity contribution < 1.29 is 9.59 Å². The highest BCUT2D eigenvalue weighted by molar-refractivity contribution is 5.75. The Kier molecular flexibility index (Phi) is 8.62. The van der Waals surface area contributed by atoms with Crippen LogP contribution in [0.15, 0.2) is 0 Å². The van der Waals surface area contributed by atoms with E-state index in [1.54, 1.807) is 7.05 Å². The molecule has 0 rings (SSSR count). The molecule has 76 valence electrons. The number of amides is 1. The Morgan fingerprint density at radius 2 is 1.77 bits per heavy atom. The lowest BCUT2D eigenvalue weighted by Gasteiger charge is -1.99. The molecule has 13 heavy (non-hydrogen) atoms. The SMILES string of the molecule is CNC(=O)CCCCCCCC=O. The first kappa shape index (κ1) is 12.1. The largest absolute Gasteiger partial charge is 0.359 e. The highest BCUT2D eigenvalue weighted by atomic mass is 16.1. The minimum Gasteiger partial charge on any atom is -0.359 e. The van der Waals surface area contributed by atoms with E-state index in [0.717, 1.165) is 38.4 Å². The van der Waals surface area contributed by atoms with Gasteiger partial charge in [0.25, 0.3) is 0 Å². The van der Waals surface area contributed by atoms with Gasteiger partial charge in [-0.1, -0.05) is 19.3 Å². The number of hydrogen-bond acceptors (Lipinski definition) is 2. The summed E-state index contributed by atoms with van der Waals surface area (Å²) >= 11 is 0. The number of unbranched alkanes of at least 4 members (excludes halogenated alkanes) is 5. The van der Waals surface area contributed by atoms with E-state index in [0.29, 0.717) is 12.8 Å². The average Bonchev–Trinajstić information content (AvgIpc) is 2.16. The Hall–Kier alpha value is -0.860. The third kappa shape index (κ3) is 9.05. The summed E-state index contributed by atoms with van der Waals surface area (Å²) in [6.07, 6.45) is 7.54. The number of aldehydes is 1. The van der Waals surface area contributed by atoms with Gasteiger partial charge in [-0.05, 0) is 12.8 Å². The summed E-state index contributed by atoms with van der Waals surface area (Å²) < 4.78 is 0. The molecule has 0 aliphatic rings. The molecule has 0 radical (unpaired) electrons. The van der Waals surface area contributed by atoms with Crippen molar-refractivity contribution in [2.75, 3.05) is 7.05 Å². The third-order valence-electron chi connectivity index (χ3n) is 2.00. The lowest BCUT2D eigenvalue weighted by Crippen LogP contribution is -2.16. The van der Waals surface area contributed by atoms with Gasteiger partial charge in [-0.15, -0.1) is 0 Å². The fraction of sp³-hybridized carbons (Fsp3) is 0.800. The van der Waals surface area contributed by atoms with Crippen LogP contribution < -0.4 is 5.32 Å². The zero-order chi connectivity index (χ0) is 9.94. The third-order valence-corrected chi connectivity index (χ3v) is 2.00. The van der Waals surface area contributed by atoms with Crippen molar-refractivity contribution in [3.63, 3.8) is 0 Å². The number of rotatable bonds is 8. The van der Waals surface area contributed by atoms with Gasteiger partial charge >= 0.3 is 0 Å². The van der Waals surface area contributed by atoms with Gasteiger partial charge in [-0.3, -0.25) is 4.79 Å². The first-order valence-electron chi connectivity index (χ1n) is 4.95. The molecule has 0 fully saturated rings. The fourth-order valence-corrected chi connectivity index (χ4v) is 1.17. The summed E-state index contributed by atoms with van der Waals surface area (Å²) in [6, 6.07) is 0. The van der Waals surface area contributed by atoms with Gasteiger partial charge in [0.2, 0.25) is 5.91 Å². The molecule has 0 aromatic carbocycles. The highest BCUT2D eigenvalue weighted by Crippen LogP contribution is 2.06. The molecule has 0 spiro atoms. The summed E-state index contributed by atoms with van der Waals surface area (Å²) in [5, 5.41) is 2.59. The lowest BCUT2D eigenvalue weighted by molar-refractivity contribution is -0.120. The van der Waals surface area contributed by atoms with E-state index >= 15 is 0 Å². The molecule has 0 aromatic heterocycles. The minimum atomic E-state index is 0.118. The summed E-state index contributed by atoms with van der Waals surface area (Å²) in [5.74, 6) is 0.118. The molecule has 0 atom stereocenters. The van der Waals surface area contributed by atoms with Crippen LogP contribution in [0.4, 0.5) is 0 Å². The first-order chi connectivity index (χ1) is 6.31. The van der Waals surface area contributed by atoms with Crippen molar-refractivity contribution in [1.29, 1.82) is 0 Å². The normalized spacial score (nSPS) is 9.62. The number of carbonyl (C=O) groups is 2. The maximum atomic E-state index is 10.8. The van der Waals surface area contributed by atoms with Gasteiger partial charge in [-0.25, -0.2) is 0 Å².